The van der Waals surface area contributed by atoms with E-state index in [0.717, 1.165) is 17.7 Å². The van der Waals surface area contributed by atoms with E-state index in [1.807, 2.05) is 24.3 Å². The molecule has 0 aliphatic rings. The molecule has 0 atom stereocenters. The van der Waals surface area contributed by atoms with Gasteiger partial charge in [0.2, 0.25) is 5.91 Å². The van der Waals surface area contributed by atoms with E-state index in [-0.39, 0.29) is 48.8 Å². The second-order valence-corrected chi connectivity index (χ2v) is 5.47. The van der Waals surface area contributed by atoms with Crippen molar-refractivity contribution in [2.75, 3.05) is 18.9 Å². The van der Waals surface area contributed by atoms with Gasteiger partial charge in [-0.15, -0.1) is 24.0 Å². The first-order valence-electron chi connectivity index (χ1n) is 8.19. The van der Waals surface area contributed by atoms with Crippen molar-refractivity contribution in [3.05, 3.63) is 65.5 Å². The summed E-state index contributed by atoms with van der Waals surface area (Å²) in [6, 6.07) is 14.2. The molecular weight excluding hydrogens is 446 g/mol. The van der Waals surface area contributed by atoms with Gasteiger partial charge in [-0.1, -0.05) is 37.3 Å². The van der Waals surface area contributed by atoms with Crippen molar-refractivity contribution in [3.63, 3.8) is 0 Å². The molecule has 0 radical (unpaired) electrons. The number of rotatable bonds is 6. The van der Waals surface area contributed by atoms with Gasteiger partial charge in [0.25, 0.3) is 0 Å². The number of anilines is 1. The van der Waals surface area contributed by atoms with Crippen LogP contribution in [0.1, 0.15) is 18.1 Å². The van der Waals surface area contributed by atoms with Gasteiger partial charge in [0.15, 0.2) is 5.96 Å². The molecule has 2 aromatic rings. The van der Waals surface area contributed by atoms with Crippen molar-refractivity contribution >= 4 is 41.5 Å². The van der Waals surface area contributed by atoms with Crippen molar-refractivity contribution < 1.29 is 9.18 Å². The molecule has 0 spiro atoms. The van der Waals surface area contributed by atoms with Crippen LogP contribution in [0.2, 0.25) is 0 Å². The van der Waals surface area contributed by atoms with Crippen LogP contribution in [0, 0.1) is 5.82 Å². The second kappa shape index (κ2) is 11.5. The molecular formula is C19H24FIN4O. The van der Waals surface area contributed by atoms with Gasteiger partial charge in [-0.3, -0.25) is 9.79 Å². The number of halogens is 2. The minimum atomic E-state index is -0.279. The molecule has 0 heterocycles. The van der Waals surface area contributed by atoms with Crippen LogP contribution in [-0.4, -0.2) is 25.5 Å². The lowest BCUT2D eigenvalue weighted by Gasteiger charge is -2.12. The quantitative estimate of drug-likeness (QED) is 0.345. The Kier molecular flexibility index (Phi) is 9.64. The average Bonchev–Trinajstić information content (AvgIpc) is 2.63. The van der Waals surface area contributed by atoms with Crippen LogP contribution >= 0.6 is 24.0 Å². The third-order valence-electron chi connectivity index (χ3n) is 3.66. The van der Waals surface area contributed by atoms with Crippen LogP contribution in [0.25, 0.3) is 0 Å². The summed E-state index contributed by atoms with van der Waals surface area (Å²) in [5, 5.41) is 8.73. The van der Waals surface area contributed by atoms with E-state index >= 15 is 0 Å². The Morgan fingerprint density at radius 2 is 1.88 bits per heavy atom. The van der Waals surface area contributed by atoms with Gasteiger partial charge in [0.1, 0.15) is 5.82 Å². The fourth-order valence-electron chi connectivity index (χ4n) is 2.28. The Balaban J connectivity index is 0.00000338. The highest BCUT2D eigenvalue weighted by atomic mass is 127. The summed E-state index contributed by atoms with van der Waals surface area (Å²) < 4.78 is 13.6. The minimum absolute atomic E-state index is 0. The third-order valence-corrected chi connectivity index (χ3v) is 3.66. The maximum Gasteiger partial charge on any atom is 0.243 e. The standard InChI is InChI=1S/C19H23FN4O.HI/c1-3-14-7-6-9-16(11-14)24-18(25)13-23-19(21-2)22-12-15-8-4-5-10-17(15)20;/h4-11H,3,12-13H2,1-2H3,(H,24,25)(H2,21,22,23);1H. The lowest BCUT2D eigenvalue weighted by atomic mass is 10.1. The lowest BCUT2D eigenvalue weighted by Crippen LogP contribution is -2.41. The van der Waals surface area contributed by atoms with E-state index in [4.69, 9.17) is 0 Å². The summed E-state index contributed by atoms with van der Waals surface area (Å²) in [6.45, 7) is 2.41. The minimum Gasteiger partial charge on any atom is -0.352 e. The van der Waals surface area contributed by atoms with E-state index in [0.29, 0.717) is 11.5 Å². The molecule has 0 saturated carbocycles. The zero-order valence-corrected chi connectivity index (χ0v) is 17.2. The maximum absolute atomic E-state index is 13.6. The topological polar surface area (TPSA) is 65.5 Å². The highest BCUT2D eigenvalue weighted by molar-refractivity contribution is 14.0. The number of carbonyl (C=O) groups excluding carboxylic acids is 1. The van der Waals surface area contributed by atoms with Crippen LogP contribution in [0.3, 0.4) is 0 Å². The monoisotopic (exact) mass is 470 g/mol. The Morgan fingerprint density at radius 3 is 2.58 bits per heavy atom. The van der Waals surface area contributed by atoms with Crippen LogP contribution in [0.5, 0.6) is 0 Å². The highest BCUT2D eigenvalue weighted by Crippen LogP contribution is 2.10. The zero-order chi connectivity index (χ0) is 18.1. The molecule has 140 valence electrons. The van der Waals surface area contributed by atoms with Gasteiger partial charge in [-0.25, -0.2) is 4.39 Å². The third kappa shape index (κ3) is 6.99. The van der Waals surface area contributed by atoms with Crippen LogP contribution in [0.4, 0.5) is 10.1 Å². The van der Waals surface area contributed by atoms with Crippen molar-refractivity contribution in [1.82, 2.24) is 10.6 Å². The number of guanidine groups is 1. The Morgan fingerprint density at radius 1 is 1.12 bits per heavy atom. The summed E-state index contributed by atoms with van der Waals surface area (Å²) in [4.78, 5) is 16.1. The van der Waals surface area contributed by atoms with Crippen LogP contribution in [0.15, 0.2) is 53.5 Å². The average molecular weight is 470 g/mol. The van der Waals surface area contributed by atoms with E-state index in [1.165, 1.54) is 6.07 Å². The number of benzene rings is 2. The fraction of sp³-hybridized carbons (Fsp3) is 0.263. The largest absolute Gasteiger partial charge is 0.352 e. The van der Waals surface area contributed by atoms with Gasteiger partial charge in [-0.2, -0.15) is 0 Å². The normalized spacial score (nSPS) is 10.7. The lowest BCUT2D eigenvalue weighted by molar-refractivity contribution is -0.115. The van der Waals surface area contributed by atoms with Crippen LogP contribution in [-0.2, 0) is 17.8 Å². The van der Waals surface area contributed by atoms with E-state index in [1.54, 1.807) is 25.2 Å². The number of amides is 1. The van der Waals surface area contributed by atoms with Crippen molar-refractivity contribution in [2.24, 2.45) is 4.99 Å². The smallest absolute Gasteiger partial charge is 0.243 e. The molecule has 0 bridgehead atoms. The van der Waals surface area contributed by atoms with E-state index in [9.17, 15) is 9.18 Å². The van der Waals surface area contributed by atoms with Gasteiger partial charge < -0.3 is 16.0 Å². The predicted molar refractivity (Wildman–Crippen MR) is 114 cm³/mol. The Labute approximate surface area is 170 Å². The fourth-order valence-corrected chi connectivity index (χ4v) is 2.28. The molecule has 5 nitrogen and oxygen atoms in total. The van der Waals surface area contributed by atoms with E-state index < -0.39 is 0 Å². The van der Waals surface area contributed by atoms with Gasteiger partial charge in [0.05, 0.1) is 6.54 Å². The molecule has 0 fully saturated rings. The molecule has 0 unspecified atom stereocenters. The molecule has 7 heteroatoms. The van der Waals surface area contributed by atoms with Gasteiger partial charge in [0, 0.05) is 24.8 Å². The van der Waals surface area contributed by atoms with E-state index in [2.05, 4.69) is 27.9 Å². The first-order chi connectivity index (χ1) is 12.1. The molecule has 3 N–H and O–H groups in total. The second-order valence-electron chi connectivity index (χ2n) is 5.47. The molecule has 0 aliphatic heterocycles. The number of aliphatic imine (C=N–C) groups is 1. The summed E-state index contributed by atoms with van der Waals surface area (Å²) >= 11 is 0. The number of nitrogens with one attached hydrogen (secondary N) is 3. The molecule has 2 aromatic carbocycles. The number of carbonyl (C=O) groups is 1. The molecule has 26 heavy (non-hydrogen) atoms. The first kappa shape index (κ1) is 21.9. The summed E-state index contributed by atoms with van der Waals surface area (Å²) in [7, 11) is 1.60. The molecule has 1 amide bonds. The van der Waals surface area contributed by atoms with Gasteiger partial charge >= 0.3 is 0 Å². The first-order valence-corrected chi connectivity index (χ1v) is 8.19. The number of nitrogens with zero attached hydrogens (tertiary/aromatic N) is 1. The Bertz CT molecular complexity index is 752. The number of hydrogen-bond acceptors (Lipinski definition) is 2. The SMILES string of the molecule is CCc1cccc(NC(=O)CNC(=NC)NCc2ccccc2F)c1.I. The highest BCUT2D eigenvalue weighted by Gasteiger charge is 2.06. The number of aryl methyl sites for hydroxylation is 1. The summed E-state index contributed by atoms with van der Waals surface area (Å²) in [6.07, 6.45) is 0.911. The molecule has 0 aliphatic carbocycles. The maximum atomic E-state index is 13.6. The summed E-state index contributed by atoms with van der Waals surface area (Å²) in [5.41, 5.74) is 2.46. The zero-order valence-electron chi connectivity index (χ0n) is 14.9. The van der Waals surface area contributed by atoms with Crippen molar-refractivity contribution in [1.29, 1.82) is 0 Å². The van der Waals surface area contributed by atoms with Gasteiger partial charge in [-0.05, 0) is 30.2 Å². The van der Waals surface area contributed by atoms with Crippen molar-refractivity contribution in [2.45, 2.75) is 19.9 Å². The van der Waals surface area contributed by atoms with Crippen molar-refractivity contribution in [3.8, 4) is 0 Å². The Hall–Kier alpha value is -2.16. The predicted octanol–water partition coefficient (Wildman–Crippen LogP) is 3.31. The molecule has 0 aromatic heterocycles. The molecule has 2 rings (SSSR count). The van der Waals surface area contributed by atoms with Crippen LogP contribution < -0.4 is 16.0 Å². The molecule has 0 saturated heterocycles. The summed E-state index contributed by atoms with van der Waals surface area (Å²) in [5.74, 6) is -0.0261. The number of hydrogen-bond donors (Lipinski definition) is 3.